The molecule has 2 amide bonds. The Kier molecular flexibility index (Phi) is 4.99. The fraction of sp³-hybridized carbons (Fsp3) is 0.588. The number of rotatable bonds is 4. The van der Waals surface area contributed by atoms with Crippen molar-refractivity contribution in [2.75, 3.05) is 13.2 Å². The number of urea groups is 1. The Balaban J connectivity index is 1.67. The van der Waals surface area contributed by atoms with E-state index in [0.29, 0.717) is 18.8 Å². The minimum atomic E-state index is -4.38. The smallest absolute Gasteiger partial charge is 0.381 e. The van der Waals surface area contributed by atoms with Crippen molar-refractivity contribution in [3.8, 4) is 0 Å². The standard InChI is InChI=1S/C17H21F3N2O2/c18-17(19,20)13-3-1-2-12(10-13)15(11-4-5-11)22-16(23)21-14-6-8-24-9-7-14/h1-3,10-11,14-15H,4-9H2,(H2,21,22,23). The summed E-state index contributed by atoms with van der Waals surface area (Å²) in [5, 5.41) is 5.76. The maximum Gasteiger partial charge on any atom is 0.416 e. The first-order valence-corrected chi connectivity index (χ1v) is 8.25. The molecule has 1 aromatic rings. The molecule has 1 unspecified atom stereocenters. The van der Waals surface area contributed by atoms with Gasteiger partial charge in [-0.05, 0) is 49.3 Å². The van der Waals surface area contributed by atoms with E-state index in [9.17, 15) is 18.0 Å². The Hall–Kier alpha value is -1.76. The number of carbonyl (C=O) groups is 1. The van der Waals surface area contributed by atoms with Gasteiger partial charge in [-0.15, -0.1) is 0 Å². The molecule has 0 radical (unpaired) electrons. The Morgan fingerprint density at radius 3 is 2.50 bits per heavy atom. The van der Waals surface area contributed by atoms with E-state index >= 15 is 0 Å². The first-order valence-electron chi connectivity index (χ1n) is 8.25. The summed E-state index contributed by atoms with van der Waals surface area (Å²) in [5.74, 6) is 0.203. The van der Waals surface area contributed by atoms with Crippen LogP contribution in [0.4, 0.5) is 18.0 Å². The summed E-state index contributed by atoms with van der Waals surface area (Å²) >= 11 is 0. The van der Waals surface area contributed by atoms with Crippen molar-refractivity contribution in [1.82, 2.24) is 10.6 Å². The van der Waals surface area contributed by atoms with Crippen molar-refractivity contribution in [3.05, 3.63) is 35.4 Å². The highest BCUT2D eigenvalue weighted by atomic mass is 19.4. The topological polar surface area (TPSA) is 50.4 Å². The lowest BCUT2D eigenvalue weighted by atomic mass is 10.00. The maximum atomic E-state index is 12.9. The summed E-state index contributed by atoms with van der Waals surface area (Å²) in [7, 11) is 0. The number of hydrogen-bond acceptors (Lipinski definition) is 2. The largest absolute Gasteiger partial charge is 0.416 e. The Morgan fingerprint density at radius 1 is 1.17 bits per heavy atom. The van der Waals surface area contributed by atoms with Gasteiger partial charge in [0.25, 0.3) is 0 Å². The number of carbonyl (C=O) groups excluding carboxylic acids is 1. The van der Waals surface area contributed by atoms with E-state index in [0.717, 1.165) is 37.8 Å². The predicted molar refractivity (Wildman–Crippen MR) is 82.4 cm³/mol. The van der Waals surface area contributed by atoms with Crippen LogP contribution < -0.4 is 10.6 Å². The molecule has 1 heterocycles. The third-order valence-corrected chi connectivity index (χ3v) is 4.51. The lowest BCUT2D eigenvalue weighted by Gasteiger charge is -2.26. The highest BCUT2D eigenvalue weighted by Gasteiger charge is 2.36. The number of alkyl halides is 3. The third kappa shape index (κ3) is 4.41. The Morgan fingerprint density at radius 2 is 1.88 bits per heavy atom. The van der Waals surface area contributed by atoms with E-state index in [1.807, 2.05) is 0 Å². The average Bonchev–Trinajstić information content (AvgIpc) is 3.38. The zero-order chi connectivity index (χ0) is 17.2. The van der Waals surface area contributed by atoms with Gasteiger partial charge in [-0.1, -0.05) is 12.1 Å². The summed E-state index contributed by atoms with van der Waals surface area (Å²) in [5.41, 5.74) is -0.174. The molecule has 2 fully saturated rings. The van der Waals surface area contributed by atoms with E-state index in [-0.39, 0.29) is 24.0 Å². The van der Waals surface area contributed by atoms with Gasteiger partial charge in [0, 0.05) is 19.3 Å². The zero-order valence-electron chi connectivity index (χ0n) is 13.2. The molecule has 24 heavy (non-hydrogen) atoms. The van der Waals surface area contributed by atoms with Crippen LogP contribution in [-0.2, 0) is 10.9 Å². The van der Waals surface area contributed by atoms with Crippen LogP contribution in [0.25, 0.3) is 0 Å². The van der Waals surface area contributed by atoms with Gasteiger partial charge >= 0.3 is 12.2 Å². The van der Waals surface area contributed by atoms with E-state index in [4.69, 9.17) is 4.74 Å². The van der Waals surface area contributed by atoms with E-state index in [2.05, 4.69) is 10.6 Å². The predicted octanol–water partition coefficient (Wildman–Crippen LogP) is 3.63. The van der Waals surface area contributed by atoms with Gasteiger partial charge in [-0.3, -0.25) is 0 Å². The van der Waals surface area contributed by atoms with Crippen LogP contribution in [0.15, 0.2) is 24.3 Å². The van der Waals surface area contributed by atoms with Gasteiger partial charge in [-0.25, -0.2) is 4.79 Å². The fourth-order valence-electron chi connectivity index (χ4n) is 3.02. The monoisotopic (exact) mass is 342 g/mol. The fourth-order valence-corrected chi connectivity index (χ4v) is 3.02. The normalized spacial score (nSPS) is 20.5. The second-order valence-corrected chi connectivity index (χ2v) is 6.44. The second-order valence-electron chi connectivity index (χ2n) is 6.44. The molecule has 0 aromatic heterocycles. The summed E-state index contributed by atoms with van der Waals surface area (Å²) in [4.78, 5) is 12.2. The molecule has 4 nitrogen and oxygen atoms in total. The van der Waals surface area contributed by atoms with Crippen LogP contribution in [-0.4, -0.2) is 25.3 Å². The van der Waals surface area contributed by atoms with Crippen LogP contribution in [0.3, 0.4) is 0 Å². The molecule has 1 aliphatic carbocycles. The minimum Gasteiger partial charge on any atom is -0.381 e. The molecule has 7 heteroatoms. The quantitative estimate of drug-likeness (QED) is 0.878. The van der Waals surface area contributed by atoms with Crippen molar-refractivity contribution < 1.29 is 22.7 Å². The molecule has 1 aliphatic heterocycles. The van der Waals surface area contributed by atoms with E-state index in [1.54, 1.807) is 6.07 Å². The SMILES string of the molecule is O=C(NC1CCOCC1)NC(c1cccc(C(F)(F)F)c1)C1CC1. The highest BCUT2D eigenvalue weighted by molar-refractivity contribution is 5.75. The Labute approximate surface area is 138 Å². The molecular weight excluding hydrogens is 321 g/mol. The molecule has 1 saturated carbocycles. The van der Waals surface area contributed by atoms with Gasteiger partial charge in [-0.2, -0.15) is 13.2 Å². The van der Waals surface area contributed by atoms with Crippen molar-refractivity contribution in [1.29, 1.82) is 0 Å². The minimum absolute atomic E-state index is 0.0557. The number of nitrogens with one attached hydrogen (secondary N) is 2. The van der Waals surface area contributed by atoms with Crippen LogP contribution in [0.5, 0.6) is 0 Å². The number of amides is 2. The van der Waals surface area contributed by atoms with Crippen LogP contribution in [0.2, 0.25) is 0 Å². The van der Waals surface area contributed by atoms with Crippen LogP contribution >= 0.6 is 0 Å². The molecule has 2 N–H and O–H groups in total. The molecule has 2 aliphatic rings. The molecule has 0 spiro atoms. The maximum absolute atomic E-state index is 12.9. The summed E-state index contributed by atoms with van der Waals surface area (Å²) < 4.78 is 44.0. The van der Waals surface area contributed by atoms with Gasteiger partial charge < -0.3 is 15.4 Å². The van der Waals surface area contributed by atoms with Crippen molar-refractivity contribution in [2.45, 2.75) is 43.9 Å². The second kappa shape index (κ2) is 7.01. The average molecular weight is 342 g/mol. The first-order chi connectivity index (χ1) is 11.4. The van der Waals surface area contributed by atoms with Gasteiger partial charge in [0.2, 0.25) is 0 Å². The van der Waals surface area contributed by atoms with Crippen LogP contribution in [0, 0.1) is 5.92 Å². The number of ether oxygens (including phenoxy) is 1. The molecule has 1 atom stereocenters. The Bertz CT molecular complexity index is 581. The van der Waals surface area contributed by atoms with Crippen molar-refractivity contribution in [2.24, 2.45) is 5.92 Å². The zero-order valence-corrected chi connectivity index (χ0v) is 13.2. The molecule has 1 saturated heterocycles. The lowest BCUT2D eigenvalue weighted by molar-refractivity contribution is -0.137. The molecule has 1 aromatic carbocycles. The van der Waals surface area contributed by atoms with Gasteiger partial charge in [0.05, 0.1) is 11.6 Å². The third-order valence-electron chi connectivity index (χ3n) is 4.51. The summed E-state index contributed by atoms with van der Waals surface area (Å²) in [6, 6.07) is 4.58. The van der Waals surface area contributed by atoms with Crippen LogP contribution in [0.1, 0.15) is 42.9 Å². The van der Waals surface area contributed by atoms with E-state index < -0.39 is 11.7 Å². The number of benzene rings is 1. The summed E-state index contributed by atoms with van der Waals surface area (Å²) in [6.45, 7) is 1.23. The highest BCUT2D eigenvalue weighted by Crippen LogP contribution is 2.42. The van der Waals surface area contributed by atoms with Gasteiger partial charge in [0.1, 0.15) is 0 Å². The van der Waals surface area contributed by atoms with Gasteiger partial charge in [0.15, 0.2) is 0 Å². The molecular formula is C17H21F3N2O2. The summed E-state index contributed by atoms with van der Waals surface area (Å²) in [6.07, 6.45) is -1.04. The molecule has 132 valence electrons. The van der Waals surface area contributed by atoms with Crippen molar-refractivity contribution >= 4 is 6.03 Å². The first kappa shape index (κ1) is 17.1. The van der Waals surface area contributed by atoms with E-state index in [1.165, 1.54) is 6.07 Å². The molecule has 3 rings (SSSR count). The molecule has 0 bridgehead atoms. The van der Waals surface area contributed by atoms with Crippen molar-refractivity contribution in [3.63, 3.8) is 0 Å². The lowest BCUT2D eigenvalue weighted by Crippen LogP contribution is -2.46. The number of hydrogen-bond donors (Lipinski definition) is 2. The number of halogens is 3.